The van der Waals surface area contributed by atoms with Crippen LogP contribution in [-0.2, 0) is 20.0 Å². The zero-order chi connectivity index (χ0) is 15.8. The Balaban J connectivity index is 3.20. The summed E-state index contributed by atoms with van der Waals surface area (Å²) >= 11 is 0. The lowest BCUT2D eigenvalue weighted by molar-refractivity contribution is -0.117. The first kappa shape index (κ1) is 16.9. The van der Waals surface area contributed by atoms with Gasteiger partial charge < -0.3 is 0 Å². The van der Waals surface area contributed by atoms with Gasteiger partial charge in [0.15, 0.2) is 9.84 Å². The fraction of sp³-hybridized carbons (Fsp3) is 0.562. The van der Waals surface area contributed by atoms with Crippen molar-refractivity contribution in [1.29, 1.82) is 0 Å². The molecule has 0 fully saturated rings. The average molecular weight is 296 g/mol. The molecule has 0 aliphatic carbocycles. The largest absolute Gasteiger partial charge is 0.300 e. The molecule has 0 aliphatic heterocycles. The van der Waals surface area contributed by atoms with Gasteiger partial charge in [0, 0.05) is 6.42 Å². The fourth-order valence-corrected chi connectivity index (χ4v) is 3.67. The van der Waals surface area contributed by atoms with Crippen LogP contribution in [0.1, 0.15) is 53.5 Å². The normalized spacial score (nSPS) is 13.3. The van der Waals surface area contributed by atoms with Crippen molar-refractivity contribution in [2.24, 2.45) is 0 Å². The van der Waals surface area contributed by atoms with Crippen molar-refractivity contribution in [3.63, 3.8) is 0 Å². The molecule has 0 unspecified atom stereocenters. The molecule has 1 rings (SSSR count). The summed E-state index contributed by atoms with van der Waals surface area (Å²) in [5, 5.41) is 0. The maximum absolute atomic E-state index is 12.6. The minimum Gasteiger partial charge on any atom is -0.300 e. The molecule has 1 aromatic rings. The van der Waals surface area contributed by atoms with Crippen LogP contribution in [0, 0.1) is 0 Å². The quantitative estimate of drug-likeness (QED) is 0.854. The van der Waals surface area contributed by atoms with E-state index in [1.54, 1.807) is 26.0 Å². The second kappa shape index (κ2) is 5.32. The number of rotatable bonds is 4. The van der Waals surface area contributed by atoms with E-state index in [0.717, 1.165) is 5.56 Å². The number of hydrogen-bond acceptors (Lipinski definition) is 3. The van der Waals surface area contributed by atoms with E-state index in [0.29, 0.717) is 0 Å². The maximum Gasteiger partial charge on any atom is 0.183 e. The van der Waals surface area contributed by atoms with Gasteiger partial charge in [-0.15, -0.1) is 0 Å². The summed E-state index contributed by atoms with van der Waals surface area (Å²) in [6, 6.07) is 6.96. The summed E-state index contributed by atoms with van der Waals surface area (Å²) in [6.45, 7) is 10.9. The summed E-state index contributed by atoms with van der Waals surface area (Å²) in [4.78, 5) is 11.5. The molecule has 112 valence electrons. The van der Waals surface area contributed by atoms with Crippen molar-refractivity contribution in [3.05, 3.63) is 29.8 Å². The lowest BCUT2D eigenvalue weighted by Gasteiger charge is -2.24. The highest BCUT2D eigenvalue weighted by atomic mass is 32.2. The Hall–Kier alpha value is -1.16. The summed E-state index contributed by atoms with van der Waals surface area (Å²) in [5.74, 6) is -0.120. The van der Waals surface area contributed by atoms with Gasteiger partial charge >= 0.3 is 0 Å². The smallest absolute Gasteiger partial charge is 0.183 e. The van der Waals surface area contributed by atoms with E-state index in [-0.39, 0.29) is 22.5 Å². The number of carbonyl (C=O) groups excluding carboxylic acids is 1. The molecule has 0 radical (unpaired) electrons. The highest BCUT2D eigenvalue weighted by Crippen LogP contribution is 2.30. The molecule has 20 heavy (non-hydrogen) atoms. The van der Waals surface area contributed by atoms with Crippen LogP contribution in [0.5, 0.6) is 0 Å². The van der Waals surface area contributed by atoms with E-state index in [2.05, 4.69) is 20.8 Å². The van der Waals surface area contributed by atoms with Crippen LogP contribution in [-0.4, -0.2) is 18.9 Å². The van der Waals surface area contributed by atoms with Crippen LogP contribution in [0.25, 0.3) is 0 Å². The third-order valence-corrected chi connectivity index (χ3v) is 5.92. The van der Waals surface area contributed by atoms with Crippen LogP contribution in [0.4, 0.5) is 0 Å². The molecule has 1 aromatic carbocycles. The van der Waals surface area contributed by atoms with Gasteiger partial charge in [-0.25, -0.2) is 8.42 Å². The fourth-order valence-electron chi connectivity index (χ4n) is 2.15. The molecule has 3 nitrogen and oxygen atoms in total. The van der Waals surface area contributed by atoms with Gasteiger partial charge in [-0.3, -0.25) is 4.79 Å². The molecular weight excluding hydrogens is 272 g/mol. The zero-order valence-electron chi connectivity index (χ0n) is 13.1. The van der Waals surface area contributed by atoms with Crippen LogP contribution in [0.3, 0.4) is 0 Å². The molecule has 0 heterocycles. The van der Waals surface area contributed by atoms with Crippen molar-refractivity contribution in [1.82, 2.24) is 0 Å². The molecule has 0 saturated heterocycles. The predicted octanol–water partition coefficient (Wildman–Crippen LogP) is 3.52. The number of hydrogen-bond donors (Lipinski definition) is 0. The highest BCUT2D eigenvalue weighted by molar-refractivity contribution is 7.92. The number of Topliss-reactive ketones (excluding diaryl/α,β-unsaturated/α-hetero) is 1. The molecule has 0 N–H and O–H groups in total. The third-order valence-electron chi connectivity index (χ3n) is 3.43. The Morgan fingerprint density at radius 1 is 1.00 bits per heavy atom. The Labute approximate surface area is 122 Å². The molecule has 0 atom stereocenters. The lowest BCUT2D eigenvalue weighted by atomic mass is 9.87. The Morgan fingerprint density at radius 3 is 1.80 bits per heavy atom. The van der Waals surface area contributed by atoms with E-state index >= 15 is 0 Å². The third kappa shape index (κ3) is 3.48. The minimum atomic E-state index is -3.52. The molecule has 0 aliphatic rings. The van der Waals surface area contributed by atoms with Crippen LogP contribution < -0.4 is 0 Å². The van der Waals surface area contributed by atoms with E-state index in [1.165, 1.54) is 6.92 Å². The molecule has 4 heteroatoms. The van der Waals surface area contributed by atoms with Crippen LogP contribution in [0.2, 0.25) is 0 Å². The number of benzene rings is 1. The van der Waals surface area contributed by atoms with Crippen molar-refractivity contribution in [2.75, 3.05) is 0 Å². The second-order valence-corrected chi connectivity index (χ2v) is 9.50. The summed E-state index contributed by atoms with van der Waals surface area (Å²) < 4.78 is 24.1. The molecule has 0 saturated carbocycles. The first-order valence-corrected chi connectivity index (χ1v) is 8.21. The van der Waals surface area contributed by atoms with E-state index in [9.17, 15) is 13.2 Å². The molecule has 0 amide bonds. The van der Waals surface area contributed by atoms with Gasteiger partial charge in [-0.05, 0) is 43.9 Å². The lowest BCUT2D eigenvalue weighted by Crippen LogP contribution is -2.34. The summed E-state index contributed by atoms with van der Waals surface area (Å²) in [6.07, 6.45) is 0.0242. The van der Waals surface area contributed by atoms with E-state index in [4.69, 9.17) is 0 Å². The van der Waals surface area contributed by atoms with Gasteiger partial charge in [0.25, 0.3) is 0 Å². The Kier molecular flexibility index (Phi) is 4.49. The van der Waals surface area contributed by atoms with Crippen molar-refractivity contribution in [2.45, 2.75) is 63.0 Å². The minimum absolute atomic E-state index is 0.0167. The second-order valence-electron chi connectivity index (χ2n) is 6.92. The Morgan fingerprint density at radius 2 is 1.45 bits per heavy atom. The topological polar surface area (TPSA) is 51.2 Å². The van der Waals surface area contributed by atoms with Gasteiger partial charge in [-0.2, -0.15) is 0 Å². The highest BCUT2D eigenvalue weighted by Gasteiger charge is 2.36. The van der Waals surface area contributed by atoms with Crippen LogP contribution >= 0.6 is 0 Å². The first-order valence-electron chi connectivity index (χ1n) is 6.72. The summed E-state index contributed by atoms with van der Waals surface area (Å²) in [5.41, 5.74) is 1.07. The van der Waals surface area contributed by atoms with Crippen molar-refractivity contribution < 1.29 is 13.2 Å². The number of sulfone groups is 1. The van der Waals surface area contributed by atoms with Gasteiger partial charge in [0.2, 0.25) is 0 Å². The van der Waals surface area contributed by atoms with Gasteiger partial charge in [-0.1, -0.05) is 32.9 Å². The van der Waals surface area contributed by atoms with Crippen LogP contribution in [0.15, 0.2) is 29.2 Å². The van der Waals surface area contributed by atoms with Gasteiger partial charge in [0.05, 0.1) is 9.64 Å². The monoisotopic (exact) mass is 296 g/mol. The molecule has 0 spiro atoms. The summed E-state index contributed by atoms with van der Waals surface area (Å²) in [7, 11) is -3.52. The Bertz CT molecular complexity index is 588. The predicted molar refractivity (Wildman–Crippen MR) is 81.7 cm³/mol. The van der Waals surface area contributed by atoms with Gasteiger partial charge in [0.1, 0.15) is 5.78 Å². The number of ketones is 1. The van der Waals surface area contributed by atoms with Crippen molar-refractivity contribution >= 4 is 15.6 Å². The first-order chi connectivity index (χ1) is 8.88. The standard InChI is InChI=1S/C16H24O3S/c1-12(17)11-16(5,6)20(18,19)14-9-7-13(8-10-14)15(2,3)4/h7-10H,11H2,1-6H3. The molecular formula is C16H24O3S. The zero-order valence-corrected chi connectivity index (χ0v) is 14.0. The number of carbonyl (C=O) groups is 1. The maximum atomic E-state index is 12.6. The molecule has 0 aromatic heterocycles. The molecule has 0 bridgehead atoms. The average Bonchev–Trinajstić information content (AvgIpc) is 2.26. The SMILES string of the molecule is CC(=O)CC(C)(C)S(=O)(=O)c1ccc(C(C)(C)C)cc1. The van der Waals surface area contributed by atoms with Crippen molar-refractivity contribution in [3.8, 4) is 0 Å². The van der Waals surface area contributed by atoms with E-state index in [1.807, 2.05) is 12.1 Å². The van der Waals surface area contributed by atoms with E-state index < -0.39 is 14.6 Å².